The monoisotopic (exact) mass is 486 g/mol. The highest BCUT2D eigenvalue weighted by Crippen LogP contribution is 2.33. The Labute approximate surface area is 200 Å². The van der Waals surface area contributed by atoms with Gasteiger partial charge in [-0.05, 0) is 51.0 Å². The van der Waals surface area contributed by atoms with E-state index in [0.29, 0.717) is 11.3 Å². The number of piperazine rings is 1. The van der Waals surface area contributed by atoms with E-state index in [1.807, 2.05) is 20.8 Å². The SMILES string of the molecule is Cc1cnc(N2CCN(c3nnc(-c4ccc(C(F)(F)F)cc4)c(C)c3C)C[C@H]2C)cn1.O=C=O. The van der Waals surface area contributed by atoms with Gasteiger partial charge in [-0.25, -0.2) is 4.98 Å². The largest absolute Gasteiger partial charge is 0.416 e. The molecular formula is C24H25F3N6O2. The van der Waals surface area contributed by atoms with Crippen molar-refractivity contribution in [3.05, 3.63) is 59.0 Å². The summed E-state index contributed by atoms with van der Waals surface area (Å²) in [7, 11) is 0. The molecule has 3 heterocycles. The number of rotatable bonds is 3. The van der Waals surface area contributed by atoms with Crippen molar-refractivity contribution in [1.82, 2.24) is 20.2 Å². The molecule has 0 amide bonds. The van der Waals surface area contributed by atoms with Gasteiger partial charge in [-0.2, -0.15) is 22.8 Å². The predicted molar refractivity (Wildman–Crippen MR) is 123 cm³/mol. The van der Waals surface area contributed by atoms with Gasteiger partial charge >= 0.3 is 12.3 Å². The van der Waals surface area contributed by atoms with E-state index in [1.54, 1.807) is 12.4 Å². The highest BCUT2D eigenvalue weighted by molar-refractivity contribution is 5.67. The molecule has 35 heavy (non-hydrogen) atoms. The predicted octanol–water partition coefficient (Wildman–Crippen LogP) is 4.01. The zero-order chi connectivity index (χ0) is 25.8. The van der Waals surface area contributed by atoms with Gasteiger partial charge in [0, 0.05) is 31.2 Å². The zero-order valence-electron chi connectivity index (χ0n) is 19.8. The average Bonchev–Trinajstić information content (AvgIpc) is 2.81. The second-order valence-electron chi connectivity index (χ2n) is 8.29. The topological polar surface area (TPSA) is 92.2 Å². The molecule has 4 rings (SSSR count). The summed E-state index contributed by atoms with van der Waals surface area (Å²) in [5.41, 5.74) is 3.31. The van der Waals surface area contributed by atoms with Gasteiger partial charge < -0.3 is 9.80 Å². The average molecular weight is 486 g/mol. The van der Waals surface area contributed by atoms with Gasteiger partial charge in [0.1, 0.15) is 5.82 Å². The normalized spacial score (nSPS) is 15.8. The Morgan fingerprint density at radius 2 is 1.60 bits per heavy atom. The van der Waals surface area contributed by atoms with Crippen molar-refractivity contribution in [2.45, 2.75) is 39.9 Å². The number of aryl methyl sites for hydroxylation is 1. The number of alkyl halides is 3. The molecule has 0 N–H and O–H groups in total. The first kappa shape index (κ1) is 25.8. The van der Waals surface area contributed by atoms with Crippen molar-refractivity contribution in [3.8, 4) is 11.3 Å². The quantitative estimate of drug-likeness (QED) is 0.549. The standard InChI is InChI=1S/C23H25F3N6.CO2/c1-14-11-28-20(12-27-14)32-10-9-31(13-15(32)2)22-17(4)16(3)21(29-30-22)18-5-7-19(8-6-18)23(24,25)26;2-1-3/h5-8,11-12,15H,9-10,13H2,1-4H3;/t15-;/m1./s1. The number of benzene rings is 1. The molecule has 1 aliphatic rings. The van der Waals surface area contributed by atoms with Crippen molar-refractivity contribution in [1.29, 1.82) is 0 Å². The fraction of sp³-hybridized carbons (Fsp3) is 0.375. The van der Waals surface area contributed by atoms with Gasteiger partial charge in [0.2, 0.25) is 0 Å². The summed E-state index contributed by atoms with van der Waals surface area (Å²) in [4.78, 5) is 29.5. The van der Waals surface area contributed by atoms with Gasteiger partial charge in [-0.1, -0.05) is 12.1 Å². The summed E-state index contributed by atoms with van der Waals surface area (Å²) in [6.45, 7) is 10.3. The molecular weight excluding hydrogens is 461 g/mol. The highest BCUT2D eigenvalue weighted by atomic mass is 19.4. The van der Waals surface area contributed by atoms with E-state index in [1.165, 1.54) is 12.1 Å². The molecule has 0 unspecified atom stereocenters. The molecule has 1 atom stereocenters. The second kappa shape index (κ2) is 10.6. The van der Waals surface area contributed by atoms with E-state index >= 15 is 0 Å². The smallest absolute Gasteiger partial charge is 0.351 e. The molecule has 8 nitrogen and oxygen atoms in total. The van der Waals surface area contributed by atoms with Gasteiger partial charge in [-0.15, -0.1) is 10.2 Å². The summed E-state index contributed by atoms with van der Waals surface area (Å²) in [6.07, 6.45) is -0.537. The fourth-order valence-electron chi connectivity index (χ4n) is 4.01. The number of hydrogen-bond acceptors (Lipinski definition) is 8. The van der Waals surface area contributed by atoms with Crippen LogP contribution < -0.4 is 9.80 Å². The maximum atomic E-state index is 12.9. The third-order valence-electron chi connectivity index (χ3n) is 5.97. The molecule has 1 aromatic carbocycles. The molecule has 2 aromatic heterocycles. The van der Waals surface area contributed by atoms with Gasteiger partial charge in [0.25, 0.3) is 0 Å². The minimum atomic E-state index is -4.36. The molecule has 1 fully saturated rings. The van der Waals surface area contributed by atoms with E-state index in [0.717, 1.165) is 60.2 Å². The van der Waals surface area contributed by atoms with Crippen LogP contribution in [0.2, 0.25) is 0 Å². The lowest BCUT2D eigenvalue weighted by Gasteiger charge is -2.41. The summed E-state index contributed by atoms with van der Waals surface area (Å²) in [5, 5.41) is 8.84. The number of anilines is 2. The maximum absolute atomic E-state index is 12.9. The molecule has 0 bridgehead atoms. The minimum Gasteiger partial charge on any atom is -0.351 e. The van der Waals surface area contributed by atoms with Crippen molar-refractivity contribution >= 4 is 17.8 Å². The summed E-state index contributed by atoms with van der Waals surface area (Å²) in [5.74, 6) is 1.67. The van der Waals surface area contributed by atoms with Crippen LogP contribution in [-0.4, -0.2) is 52.0 Å². The molecule has 1 aliphatic heterocycles. The van der Waals surface area contributed by atoms with E-state index in [4.69, 9.17) is 9.59 Å². The van der Waals surface area contributed by atoms with Crippen LogP contribution in [0.25, 0.3) is 11.3 Å². The number of nitrogens with zero attached hydrogens (tertiary/aromatic N) is 6. The van der Waals surface area contributed by atoms with Crippen molar-refractivity contribution < 1.29 is 22.8 Å². The first-order valence-electron chi connectivity index (χ1n) is 10.9. The minimum absolute atomic E-state index is 0.205. The molecule has 184 valence electrons. The molecule has 0 spiro atoms. The van der Waals surface area contributed by atoms with E-state index in [2.05, 4.69) is 36.9 Å². The Kier molecular flexibility index (Phi) is 7.81. The first-order chi connectivity index (χ1) is 16.6. The highest BCUT2D eigenvalue weighted by Gasteiger charge is 2.30. The van der Waals surface area contributed by atoms with Crippen LogP contribution >= 0.6 is 0 Å². The van der Waals surface area contributed by atoms with Crippen molar-refractivity contribution in [2.75, 3.05) is 29.4 Å². The molecule has 0 radical (unpaired) electrons. The lowest BCUT2D eigenvalue weighted by atomic mass is 10.0. The molecule has 3 aromatic rings. The molecule has 1 saturated heterocycles. The summed E-state index contributed by atoms with van der Waals surface area (Å²) >= 11 is 0. The summed E-state index contributed by atoms with van der Waals surface area (Å²) in [6, 6.07) is 5.25. The Morgan fingerprint density at radius 3 is 2.14 bits per heavy atom. The Hall–Kier alpha value is -3.85. The number of hydrogen-bond donors (Lipinski definition) is 0. The number of carbonyl (C=O) groups excluding carboxylic acids is 2. The third-order valence-corrected chi connectivity index (χ3v) is 5.97. The van der Waals surface area contributed by atoms with Gasteiger partial charge in [0.15, 0.2) is 5.82 Å². The lowest BCUT2D eigenvalue weighted by molar-refractivity contribution is -0.191. The number of halogens is 3. The van der Waals surface area contributed by atoms with Crippen LogP contribution in [0.1, 0.15) is 29.3 Å². The second-order valence-corrected chi connectivity index (χ2v) is 8.29. The Balaban J connectivity index is 0.00000108. The fourth-order valence-corrected chi connectivity index (χ4v) is 4.01. The Bertz CT molecular complexity index is 1190. The van der Waals surface area contributed by atoms with Crippen LogP contribution in [0.5, 0.6) is 0 Å². The van der Waals surface area contributed by atoms with E-state index in [-0.39, 0.29) is 12.2 Å². The van der Waals surface area contributed by atoms with E-state index < -0.39 is 11.7 Å². The van der Waals surface area contributed by atoms with E-state index in [9.17, 15) is 13.2 Å². The van der Waals surface area contributed by atoms with Crippen molar-refractivity contribution in [2.24, 2.45) is 0 Å². The van der Waals surface area contributed by atoms with Crippen LogP contribution in [-0.2, 0) is 15.8 Å². The maximum Gasteiger partial charge on any atom is 0.416 e. The Morgan fingerprint density at radius 1 is 0.943 bits per heavy atom. The first-order valence-corrected chi connectivity index (χ1v) is 10.9. The lowest BCUT2D eigenvalue weighted by Crippen LogP contribution is -2.53. The zero-order valence-corrected chi connectivity index (χ0v) is 19.8. The third kappa shape index (κ3) is 5.81. The van der Waals surface area contributed by atoms with Crippen LogP contribution in [0.4, 0.5) is 24.8 Å². The molecule has 11 heteroatoms. The van der Waals surface area contributed by atoms with Crippen molar-refractivity contribution in [3.63, 3.8) is 0 Å². The molecule has 0 aliphatic carbocycles. The van der Waals surface area contributed by atoms with Crippen LogP contribution in [0.3, 0.4) is 0 Å². The number of aromatic nitrogens is 4. The van der Waals surface area contributed by atoms with Crippen LogP contribution in [0, 0.1) is 20.8 Å². The van der Waals surface area contributed by atoms with Gasteiger partial charge in [0.05, 0.1) is 29.3 Å². The van der Waals surface area contributed by atoms with Gasteiger partial charge in [-0.3, -0.25) is 4.98 Å². The molecule has 0 saturated carbocycles. The summed E-state index contributed by atoms with van der Waals surface area (Å²) < 4.78 is 38.6. The van der Waals surface area contributed by atoms with Crippen LogP contribution in [0.15, 0.2) is 36.7 Å².